The topological polar surface area (TPSA) is 77.2 Å². The lowest BCUT2D eigenvalue weighted by molar-refractivity contribution is 0.0690. The number of aromatic carboxylic acids is 1. The Labute approximate surface area is 149 Å². The number of ether oxygens (including phenoxy) is 1. The lowest BCUT2D eigenvalue weighted by Gasteiger charge is -2.14. The first-order valence-electron chi connectivity index (χ1n) is 8.41. The molecule has 1 N–H and O–H groups in total. The fraction of sp³-hybridized carbons (Fsp3) is 0.316. The van der Waals surface area contributed by atoms with Crippen LogP contribution in [-0.2, 0) is 0 Å². The molecule has 1 aliphatic carbocycles. The van der Waals surface area contributed by atoms with Gasteiger partial charge in [-0.05, 0) is 31.9 Å². The lowest BCUT2D eigenvalue weighted by atomic mass is 10.1. The van der Waals surface area contributed by atoms with Gasteiger partial charge in [-0.2, -0.15) is 5.10 Å². The number of halogens is 1. The number of carbonyl (C=O) groups is 1. The number of aromatic nitrogens is 3. The van der Waals surface area contributed by atoms with Crippen molar-refractivity contribution in [3.63, 3.8) is 0 Å². The summed E-state index contributed by atoms with van der Waals surface area (Å²) in [5.74, 6) is -0.770. The van der Waals surface area contributed by atoms with Crippen molar-refractivity contribution in [2.45, 2.75) is 19.8 Å². The third kappa shape index (κ3) is 2.79. The Morgan fingerprint density at radius 3 is 2.69 bits per heavy atom. The molecule has 1 saturated carbocycles. The van der Waals surface area contributed by atoms with E-state index < -0.39 is 18.1 Å². The molecular weight excluding hydrogens is 337 g/mol. The molecule has 0 radical (unpaired) electrons. The van der Waals surface area contributed by atoms with Crippen molar-refractivity contribution in [1.82, 2.24) is 14.8 Å². The fourth-order valence-electron chi connectivity index (χ4n) is 2.95. The Hall–Kier alpha value is -2.96. The molecule has 0 atom stereocenters. The number of aryl methyl sites for hydroxylation is 1. The Balaban J connectivity index is 1.85. The van der Waals surface area contributed by atoms with Crippen LogP contribution in [0.5, 0.6) is 5.75 Å². The predicted octanol–water partition coefficient (Wildman–Crippen LogP) is 3.56. The third-order valence-electron chi connectivity index (χ3n) is 4.77. The van der Waals surface area contributed by atoms with Crippen molar-refractivity contribution in [2.24, 2.45) is 5.41 Å². The van der Waals surface area contributed by atoms with E-state index in [0.29, 0.717) is 22.5 Å². The van der Waals surface area contributed by atoms with Crippen LogP contribution in [0.3, 0.4) is 0 Å². The van der Waals surface area contributed by atoms with E-state index in [1.54, 1.807) is 4.68 Å². The summed E-state index contributed by atoms with van der Waals surface area (Å²) >= 11 is 0. The summed E-state index contributed by atoms with van der Waals surface area (Å²) in [5, 5.41) is 14.6. The van der Waals surface area contributed by atoms with Gasteiger partial charge in [0, 0.05) is 11.5 Å². The van der Waals surface area contributed by atoms with Gasteiger partial charge in [-0.3, -0.25) is 4.39 Å². The van der Waals surface area contributed by atoms with E-state index in [-0.39, 0.29) is 12.3 Å². The third-order valence-corrected chi connectivity index (χ3v) is 4.77. The van der Waals surface area contributed by atoms with Crippen molar-refractivity contribution in [2.75, 3.05) is 13.3 Å². The van der Waals surface area contributed by atoms with Crippen LogP contribution in [0, 0.1) is 12.3 Å². The minimum atomic E-state index is -1.15. The summed E-state index contributed by atoms with van der Waals surface area (Å²) in [6, 6.07) is 10.7. The Kier molecular flexibility index (Phi) is 3.86. The normalized spacial score (nSPS) is 15.2. The lowest BCUT2D eigenvalue weighted by Crippen LogP contribution is -2.15. The van der Waals surface area contributed by atoms with Gasteiger partial charge in [-0.1, -0.05) is 18.2 Å². The summed E-state index contributed by atoms with van der Waals surface area (Å²) in [6.07, 6.45) is 1.57. The van der Waals surface area contributed by atoms with E-state index in [1.165, 1.54) is 6.07 Å². The van der Waals surface area contributed by atoms with Crippen LogP contribution in [-0.4, -0.2) is 39.1 Å². The summed E-state index contributed by atoms with van der Waals surface area (Å²) in [4.78, 5) is 15.8. The highest BCUT2D eigenvalue weighted by molar-refractivity contribution is 5.93. The Morgan fingerprint density at radius 2 is 2.08 bits per heavy atom. The van der Waals surface area contributed by atoms with Crippen LogP contribution in [0.25, 0.3) is 16.7 Å². The first kappa shape index (κ1) is 16.5. The number of carboxylic acid groups (broad SMARTS) is 1. The highest BCUT2D eigenvalue weighted by Crippen LogP contribution is 2.46. The van der Waals surface area contributed by atoms with Crippen molar-refractivity contribution in [3.8, 4) is 11.4 Å². The minimum Gasteiger partial charge on any atom is -0.492 e. The van der Waals surface area contributed by atoms with Gasteiger partial charge in [0.1, 0.15) is 5.75 Å². The zero-order valence-electron chi connectivity index (χ0n) is 14.3. The average molecular weight is 355 g/mol. The number of hydrogen-bond donors (Lipinski definition) is 1. The number of fused-ring (bicyclic) bond motifs is 1. The van der Waals surface area contributed by atoms with E-state index >= 15 is 0 Å². The molecule has 6 nitrogen and oxygen atoms in total. The van der Waals surface area contributed by atoms with Crippen LogP contribution < -0.4 is 4.74 Å². The van der Waals surface area contributed by atoms with Gasteiger partial charge in [0.2, 0.25) is 0 Å². The van der Waals surface area contributed by atoms with Crippen LogP contribution >= 0.6 is 0 Å². The smallest absolute Gasteiger partial charge is 0.354 e. The molecule has 0 spiro atoms. The van der Waals surface area contributed by atoms with Gasteiger partial charge in [0.25, 0.3) is 0 Å². The zero-order chi connectivity index (χ0) is 18.3. The second-order valence-corrected chi connectivity index (χ2v) is 6.76. The number of alkyl halides is 1. The number of rotatable bonds is 6. The van der Waals surface area contributed by atoms with E-state index in [1.807, 2.05) is 37.3 Å². The zero-order valence-corrected chi connectivity index (χ0v) is 14.3. The maximum atomic E-state index is 13.2. The summed E-state index contributed by atoms with van der Waals surface area (Å²) in [6.45, 7) is 1.60. The van der Waals surface area contributed by atoms with Crippen LogP contribution in [0.4, 0.5) is 4.39 Å². The quantitative estimate of drug-likeness (QED) is 0.732. The first-order valence-corrected chi connectivity index (χ1v) is 8.41. The molecule has 0 aliphatic heterocycles. The number of carboxylic acids is 1. The summed E-state index contributed by atoms with van der Waals surface area (Å²) in [5.41, 5.74) is 1.30. The van der Waals surface area contributed by atoms with Gasteiger partial charge in [-0.25, -0.2) is 14.5 Å². The number of hydrogen-bond acceptors (Lipinski definition) is 4. The predicted molar refractivity (Wildman–Crippen MR) is 93.7 cm³/mol. The monoisotopic (exact) mass is 355 g/mol. The summed E-state index contributed by atoms with van der Waals surface area (Å²) in [7, 11) is 0. The largest absolute Gasteiger partial charge is 0.492 e. The standard InChI is InChI=1S/C19H18FN3O3/c1-12-16-15(26-11-19(10-20)7-8-19)9-14(18(24)25)21-17(16)23(22-12)13-5-3-2-4-6-13/h2-6,9H,7-8,10-11H2,1H3,(H,24,25). The molecule has 1 fully saturated rings. The molecule has 2 aromatic heterocycles. The molecule has 26 heavy (non-hydrogen) atoms. The van der Waals surface area contributed by atoms with Gasteiger partial charge >= 0.3 is 5.97 Å². The van der Waals surface area contributed by atoms with Gasteiger partial charge in [0.05, 0.1) is 30.0 Å². The highest BCUT2D eigenvalue weighted by Gasteiger charge is 2.44. The van der Waals surface area contributed by atoms with E-state index in [0.717, 1.165) is 18.5 Å². The second kappa shape index (κ2) is 6.09. The summed E-state index contributed by atoms with van der Waals surface area (Å²) < 4.78 is 20.6. The van der Waals surface area contributed by atoms with Gasteiger partial charge in [0.15, 0.2) is 11.3 Å². The molecule has 0 unspecified atom stereocenters. The Morgan fingerprint density at radius 1 is 1.35 bits per heavy atom. The molecule has 0 saturated heterocycles. The maximum absolute atomic E-state index is 13.2. The van der Waals surface area contributed by atoms with E-state index in [2.05, 4.69) is 10.1 Å². The molecule has 1 aliphatic rings. The number of nitrogens with zero attached hydrogens (tertiary/aromatic N) is 3. The molecule has 0 amide bonds. The van der Waals surface area contributed by atoms with Gasteiger partial charge < -0.3 is 9.84 Å². The number of pyridine rings is 1. The minimum absolute atomic E-state index is 0.130. The molecule has 4 rings (SSSR count). The molecular formula is C19H18FN3O3. The second-order valence-electron chi connectivity index (χ2n) is 6.76. The SMILES string of the molecule is Cc1nn(-c2ccccc2)c2nc(C(=O)O)cc(OCC3(CF)CC3)c12. The van der Waals surface area contributed by atoms with Crippen molar-refractivity contribution in [3.05, 3.63) is 47.8 Å². The van der Waals surface area contributed by atoms with Crippen LogP contribution in [0.15, 0.2) is 36.4 Å². The average Bonchev–Trinajstić information content (AvgIpc) is 3.37. The van der Waals surface area contributed by atoms with Crippen LogP contribution in [0.1, 0.15) is 29.0 Å². The van der Waals surface area contributed by atoms with Crippen LogP contribution in [0.2, 0.25) is 0 Å². The van der Waals surface area contributed by atoms with Crippen molar-refractivity contribution < 1.29 is 19.0 Å². The molecule has 1 aromatic carbocycles. The highest BCUT2D eigenvalue weighted by atomic mass is 19.1. The fourth-order valence-corrected chi connectivity index (χ4v) is 2.95. The number of para-hydroxylation sites is 1. The Bertz CT molecular complexity index is 981. The van der Waals surface area contributed by atoms with Crippen molar-refractivity contribution >= 4 is 17.0 Å². The molecule has 2 heterocycles. The van der Waals surface area contributed by atoms with Gasteiger partial charge in [-0.15, -0.1) is 0 Å². The molecule has 0 bridgehead atoms. The maximum Gasteiger partial charge on any atom is 0.354 e. The molecule has 134 valence electrons. The number of benzene rings is 1. The van der Waals surface area contributed by atoms with Crippen molar-refractivity contribution in [1.29, 1.82) is 0 Å². The molecule has 7 heteroatoms. The van der Waals surface area contributed by atoms with E-state index in [4.69, 9.17) is 4.74 Å². The molecule has 3 aromatic rings. The first-order chi connectivity index (χ1) is 12.5. The van der Waals surface area contributed by atoms with E-state index in [9.17, 15) is 14.3 Å².